The molecule has 0 atom stereocenters. The van der Waals surface area contributed by atoms with Crippen molar-refractivity contribution in [2.45, 2.75) is 89.9 Å². The highest BCUT2D eigenvalue weighted by atomic mass is 14.1. The summed E-state index contributed by atoms with van der Waals surface area (Å²) >= 11 is 0. The van der Waals surface area contributed by atoms with Gasteiger partial charge in [-0.05, 0) is 39.9 Å². The monoisotopic (exact) mass is 387 g/mol. The van der Waals surface area contributed by atoms with Crippen LogP contribution in [0, 0.1) is 6.92 Å². The van der Waals surface area contributed by atoms with E-state index < -0.39 is 0 Å². The summed E-state index contributed by atoms with van der Waals surface area (Å²) in [5, 5.41) is 5.58. The zero-order chi connectivity index (χ0) is 20.2. The summed E-state index contributed by atoms with van der Waals surface area (Å²) in [5.41, 5.74) is 1.52. The molecule has 0 heteroatoms. The lowest BCUT2D eigenvalue weighted by Gasteiger charge is -2.09. The largest absolute Gasteiger partial charge is 0.0616 e. The van der Waals surface area contributed by atoms with Crippen molar-refractivity contribution < 1.29 is 0 Å². The molecular weight excluding hydrogens is 348 g/mol. The summed E-state index contributed by atoms with van der Waals surface area (Å²) in [6, 6.07) is 20.2. The number of hydrogen-bond donors (Lipinski definition) is 0. The molecule has 0 heterocycles. The molecule has 0 saturated heterocycles. The zero-order valence-electron chi connectivity index (χ0n) is 18.3. The van der Waals surface area contributed by atoms with Crippen molar-refractivity contribution in [1.82, 2.24) is 0 Å². The fourth-order valence-electron chi connectivity index (χ4n) is 4.58. The topological polar surface area (TPSA) is 0 Å². The van der Waals surface area contributed by atoms with E-state index in [1.54, 1.807) is 0 Å². The van der Waals surface area contributed by atoms with Crippen molar-refractivity contribution >= 4 is 21.5 Å². The summed E-state index contributed by atoms with van der Waals surface area (Å²) in [5.74, 6) is 0. The molecule has 0 fully saturated rings. The highest BCUT2D eigenvalue weighted by Gasteiger charge is 2.04. The molecule has 1 radical (unpaired) electrons. The Kier molecular flexibility index (Phi) is 9.57. The van der Waals surface area contributed by atoms with Crippen molar-refractivity contribution in [3.8, 4) is 0 Å². The van der Waals surface area contributed by atoms with Crippen molar-refractivity contribution in [3.05, 3.63) is 67.1 Å². The van der Waals surface area contributed by atoms with Crippen molar-refractivity contribution in [3.63, 3.8) is 0 Å². The Morgan fingerprint density at radius 3 is 1.72 bits per heavy atom. The van der Waals surface area contributed by atoms with Gasteiger partial charge in [-0.1, -0.05) is 139 Å². The minimum atomic E-state index is 1.11. The lowest BCUT2D eigenvalue weighted by atomic mass is 9.95. The predicted octanol–water partition coefficient (Wildman–Crippen LogP) is 9.44. The fourth-order valence-corrected chi connectivity index (χ4v) is 4.58. The van der Waals surface area contributed by atoms with Crippen LogP contribution in [0.3, 0.4) is 0 Å². The molecular formula is C29H39. The van der Waals surface area contributed by atoms with Crippen molar-refractivity contribution in [2.75, 3.05) is 0 Å². The molecule has 0 aliphatic heterocycles. The van der Waals surface area contributed by atoms with E-state index in [0.717, 1.165) is 6.42 Å². The minimum absolute atomic E-state index is 1.11. The van der Waals surface area contributed by atoms with Crippen LogP contribution in [0.5, 0.6) is 0 Å². The van der Waals surface area contributed by atoms with Crippen LogP contribution in [0.1, 0.15) is 89.0 Å². The van der Waals surface area contributed by atoms with E-state index in [-0.39, 0.29) is 0 Å². The Balaban J connectivity index is 1.32. The third kappa shape index (κ3) is 6.88. The summed E-state index contributed by atoms with van der Waals surface area (Å²) in [4.78, 5) is 0. The molecule has 0 aliphatic carbocycles. The van der Waals surface area contributed by atoms with Crippen LogP contribution >= 0.6 is 0 Å². The van der Waals surface area contributed by atoms with Gasteiger partial charge < -0.3 is 0 Å². The lowest BCUT2D eigenvalue weighted by Crippen LogP contribution is -1.89. The van der Waals surface area contributed by atoms with E-state index >= 15 is 0 Å². The van der Waals surface area contributed by atoms with Gasteiger partial charge in [-0.15, -0.1) is 0 Å². The average Bonchev–Trinajstić information content (AvgIpc) is 2.77. The van der Waals surface area contributed by atoms with Gasteiger partial charge in [0, 0.05) is 0 Å². The summed E-state index contributed by atoms with van der Waals surface area (Å²) in [7, 11) is 0. The predicted molar refractivity (Wildman–Crippen MR) is 131 cm³/mol. The van der Waals surface area contributed by atoms with Gasteiger partial charge in [0.1, 0.15) is 0 Å². The lowest BCUT2D eigenvalue weighted by molar-refractivity contribution is 0.541. The van der Waals surface area contributed by atoms with Crippen LogP contribution in [0.25, 0.3) is 21.5 Å². The van der Waals surface area contributed by atoms with Gasteiger partial charge >= 0.3 is 0 Å². The highest BCUT2D eigenvalue weighted by molar-refractivity contribution is 6.08. The molecule has 0 aromatic heterocycles. The molecule has 0 bridgehead atoms. The van der Waals surface area contributed by atoms with Crippen LogP contribution in [0.15, 0.2) is 54.6 Å². The maximum Gasteiger partial charge on any atom is -0.0103 e. The summed E-state index contributed by atoms with van der Waals surface area (Å²) in [6.07, 6.45) is 19.1. The van der Waals surface area contributed by atoms with Crippen LogP contribution in [0.2, 0.25) is 0 Å². The van der Waals surface area contributed by atoms with Gasteiger partial charge in [-0.2, -0.15) is 0 Å². The summed E-state index contributed by atoms with van der Waals surface area (Å²) in [6.45, 7) is 3.92. The van der Waals surface area contributed by atoms with Crippen LogP contribution in [-0.2, 0) is 6.42 Å². The van der Waals surface area contributed by atoms with E-state index in [1.165, 1.54) is 111 Å². The molecule has 0 unspecified atom stereocenters. The second-order valence-corrected chi connectivity index (χ2v) is 8.65. The van der Waals surface area contributed by atoms with E-state index in [9.17, 15) is 0 Å². The van der Waals surface area contributed by atoms with Gasteiger partial charge in [0.25, 0.3) is 0 Å². The Bertz CT molecular complexity index is 845. The molecule has 0 aliphatic rings. The Morgan fingerprint density at radius 2 is 1.03 bits per heavy atom. The standard InChI is InChI=1S/C29H39/c1-2-3-4-5-6-7-8-9-10-11-12-13-14-18-25-20-17-22-29-27-21-16-15-19-26(27)23-24-28(25)29/h15-17,19-24H,1-14,18H2. The Morgan fingerprint density at radius 1 is 0.448 bits per heavy atom. The van der Waals surface area contributed by atoms with E-state index in [2.05, 4.69) is 61.5 Å². The normalized spacial score (nSPS) is 11.5. The molecule has 3 aromatic carbocycles. The number of unbranched alkanes of at least 4 members (excludes halogenated alkanes) is 12. The molecule has 3 aromatic rings. The number of aryl methyl sites for hydroxylation is 1. The molecule has 0 spiro atoms. The zero-order valence-corrected chi connectivity index (χ0v) is 18.3. The third-order valence-corrected chi connectivity index (χ3v) is 6.32. The molecule has 3 rings (SSSR count). The minimum Gasteiger partial charge on any atom is -0.0616 e. The van der Waals surface area contributed by atoms with Crippen molar-refractivity contribution in [2.24, 2.45) is 0 Å². The molecule has 0 N–H and O–H groups in total. The first-order valence-corrected chi connectivity index (χ1v) is 12.1. The quantitative estimate of drug-likeness (QED) is 0.191. The van der Waals surface area contributed by atoms with Gasteiger partial charge in [0.05, 0.1) is 0 Å². The molecule has 29 heavy (non-hydrogen) atoms. The highest BCUT2D eigenvalue weighted by Crippen LogP contribution is 2.28. The van der Waals surface area contributed by atoms with Crippen molar-refractivity contribution in [1.29, 1.82) is 0 Å². The third-order valence-electron chi connectivity index (χ3n) is 6.32. The second kappa shape index (κ2) is 12.7. The van der Waals surface area contributed by atoms with Crippen LogP contribution < -0.4 is 0 Å². The maximum absolute atomic E-state index is 3.92. The first-order valence-electron chi connectivity index (χ1n) is 12.1. The molecule has 155 valence electrons. The molecule has 0 nitrogen and oxygen atoms in total. The Hall–Kier alpha value is -1.82. The van der Waals surface area contributed by atoms with E-state index in [4.69, 9.17) is 0 Å². The first-order chi connectivity index (χ1) is 14.4. The maximum atomic E-state index is 3.92. The van der Waals surface area contributed by atoms with Gasteiger partial charge in [0.15, 0.2) is 0 Å². The average molecular weight is 388 g/mol. The summed E-state index contributed by atoms with van der Waals surface area (Å²) < 4.78 is 0. The second-order valence-electron chi connectivity index (χ2n) is 8.65. The first kappa shape index (κ1) is 21.9. The number of rotatable bonds is 14. The van der Waals surface area contributed by atoms with Crippen LogP contribution in [0.4, 0.5) is 0 Å². The van der Waals surface area contributed by atoms with Gasteiger partial charge in [-0.3, -0.25) is 0 Å². The molecule has 0 amide bonds. The smallest absolute Gasteiger partial charge is 0.0103 e. The van der Waals surface area contributed by atoms with E-state index in [0.29, 0.717) is 0 Å². The van der Waals surface area contributed by atoms with Crippen LogP contribution in [-0.4, -0.2) is 0 Å². The Labute approximate surface area is 178 Å². The molecule has 0 saturated carbocycles. The number of benzene rings is 3. The van der Waals surface area contributed by atoms with Gasteiger partial charge in [0.2, 0.25) is 0 Å². The fraction of sp³-hybridized carbons (Fsp3) is 0.483. The van der Waals surface area contributed by atoms with Gasteiger partial charge in [-0.25, -0.2) is 0 Å². The number of fused-ring (bicyclic) bond motifs is 3. The number of hydrogen-bond acceptors (Lipinski definition) is 0. The SMILES string of the molecule is [CH2]CCCCCCCCCCCCCCc1cccc2c1ccc1ccccc12. The van der Waals surface area contributed by atoms with E-state index in [1.807, 2.05) is 0 Å².